The van der Waals surface area contributed by atoms with Gasteiger partial charge in [-0.3, -0.25) is 14.2 Å². The van der Waals surface area contributed by atoms with Crippen LogP contribution in [0.3, 0.4) is 0 Å². The van der Waals surface area contributed by atoms with Crippen LogP contribution in [0.25, 0.3) is 11.0 Å². The van der Waals surface area contributed by atoms with Crippen LogP contribution in [0, 0.1) is 13.8 Å². The lowest BCUT2D eigenvalue weighted by Crippen LogP contribution is -2.30. The van der Waals surface area contributed by atoms with Crippen LogP contribution in [-0.4, -0.2) is 28.7 Å². The van der Waals surface area contributed by atoms with E-state index in [2.05, 4.69) is 10.6 Å². The Morgan fingerprint density at radius 3 is 2.75 bits per heavy atom. The van der Waals surface area contributed by atoms with Gasteiger partial charge in [-0.15, -0.1) is 0 Å². The van der Waals surface area contributed by atoms with Gasteiger partial charge >= 0.3 is 0 Å². The summed E-state index contributed by atoms with van der Waals surface area (Å²) in [5, 5.41) is 15.7. The lowest BCUT2D eigenvalue weighted by Gasteiger charge is -2.17. The third-order valence-corrected chi connectivity index (χ3v) is 4.83. The average molecular weight is 404 g/mol. The summed E-state index contributed by atoms with van der Waals surface area (Å²) in [6.07, 6.45) is 1.88. The number of carbonyl (C=O) groups excluding carboxylic acids is 1. The molecule has 0 saturated carbocycles. The molecule has 0 bridgehead atoms. The maximum Gasteiger partial charge on any atom is 0.263 e. The minimum atomic E-state index is -0.408. The summed E-state index contributed by atoms with van der Waals surface area (Å²) in [4.78, 5) is 25.8. The first-order valence-electron chi connectivity index (χ1n) is 8.88. The van der Waals surface area contributed by atoms with Crippen molar-refractivity contribution < 1.29 is 14.3 Å². The summed E-state index contributed by atoms with van der Waals surface area (Å²) < 4.78 is 6.95. The molecule has 0 saturated heterocycles. The van der Waals surface area contributed by atoms with Crippen LogP contribution in [-0.2, 0) is 7.05 Å². The van der Waals surface area contributed by atoms with Crippen LogP contribution in [0.2, 0.25) is 5.02 Å². The second-order valence-electron chi connectivity index (χ2n) is 6.65. The second-order valence-corrected chi connectivity index (χ2v) is 7.06. The fourth-order valence-corrected chi connectivity index (χ4v) is 3.30. The predicted molar refractivity (Wildman–Crippen MR) is 110 cm³/mol. The van der Waals surface area contributed by atoms with Crippen molar-refractivity contribution in [3.8, 4) is 0 Å². The van der Waals surface area contributed by atoms with Crippen LogP contribution < -0.4 is 16.2 Å². The van der Waals surface area contributed by atoms with Gasteiger partial charge in [-0.2, -0.15) is 0 Å². The highest BCUT2D eigenvalue weighted by Crippen LogP contribution is 2.31. The molecule has 0 unspecified atom stereocenters. The van der Waals surface area contributed by atoms with E-state index in [4.69, 9.17) is 21.1 Å². The van der Waals surface area contributed by atoms with Gasteiger partial charge in [-0.1, -0.05) is 17.7 Å². The highest BCUT2D eigenvalue weighted by atomic mass is 35.5. The molecule has 8 heteroatoms. The smallest absolute Gasteiger partial charge is 0.263 e. The highest BCUT2D eigenvalue weighted by Gasteiger charge is 2.25. The summed E-state index contributed by atoms with van der Waals surface area (Å²) in [5.41, 5.74) is 2.35. The quantitative estimate of drug-likeness (QED) is 0.549. The van der Waals surface area contributed by atoms with Crippen molar-refractivity contribution in [2.75, 3.05) is 18.5 Å². The average Bonchev–Trinajstić information content (AvgIpc) is 3.03. The molecule has 0 radical (unpaired) electrons. The SMILES string of the molecule is Cc1ccc(Nc2c(C(=O)NCCCO)c3occ(C)c3c(=O)n2C)c(Cl)c1. The maximum absolute atomic E-state index is 12.9. The van der Waals surface area contributed by atoms with Gasteiger partial charge in [0.1, 0.15) is 11.4 Å². The summed E-state index contributed by atoms with van der Waals surface area (Å²) in [6, 6.07) is 5.45. The van der Waals surface area contributed by atoms with Gasteiger partial charge in [0.2, 0.25) is 0 Å². The number of carbonyl (C=O) groups is 1. The topological polar surface area (TPSA) is 96.5 Å². The molecular weight excluding hydrogens is 382 g/mol. The number of hydrogen-bond donors (Lipinski definition) is 3. The Balaban J connectivity index is 2.19. The Kier molecular flexibility index (Phi) is 5.76. The molecule has 3 N–H and O–H groups in total. The van der Waals surface area contributed by atoms with Crippen LogP contribution in [0.4, 0.5) is 11.5 Å². The number of rotatable bonds is 6. The second kappa shape index (κ2) is 8.08. The number of halogens is 1. The standard InChI is InChI=1S/C20H22ClN3O4/c1-11-5-6-14(13(21)9-11)23-18-16(19(26)22-7-4-8-25)17-15(12(2)10-28-17)20(27)24(18)3/h5-6,9-10,23,25H,4,7-8H2,1-3H3,(H,22,26). The van der Waals surface area contributed by atoms with E-state index in [0.717, 1.165) is 5.56 Å². The van der Waals surface area contributed by atoms with Crippen LogP contribution in [0.1, 0.15) is 27.9 Å². The molecule has 28 heavy (non-hydrogen) atoms. The van der Waals surface area contributed by atoms with E-state index < -0.39 is 5.91 Å². The summed E-state index contributed by atoms with van der Waals surface area (Å²) in [5.74, 6) is -0.131. The Morgan fingerprint density at radius 2 is 2.07 bits per heavy atom. The minimum absolute atomic E-state index is 0.0348. The predicted octanol–water partition coefficient (Wildman–Crippen LogP) is 3.26. The van der Waals surface area contributed by atoms with Crippen LogP contribution >= 0.6 is 11.6 Å². The molecule has 0 aliphatic heterocycles. The van der Waals surface area contributed by atoms with E-state index in [1.807, 2.05) is 13.0 Å². The van der Waals surface area contributed by atoms with Gasteiger partial charge in [0.05, 0.1) is 22.4 Å². The minimum Gasteiger partial charge on any atom is -0.463 e. The van der Waals surface area contributed by atoms with Crippen molar-refractivity contribution >= 4 is 40.0 Å². The fourth-order valence-electron chi connectivity index (χ4n) is 3.01. The number of aliphatic hydroxyl groups is 1. The van der Waals surface area contributed by atoms with E-state index in [-0.39, 0.29) is 29.1 Å². The first kappa shape index (κ1) is 20.0. The van der Waals surface area contributed by atoms with Crippen molar-refractivity contribution in [1.82, 2.24) is 9.88 Å². The Hall–Kier alpha value is -2.77. The molecule has 0 aliphatic carbocycles. The Labute approximate surface area is 166 Å². The molecule has 0 fully saturated rings. The summed E-state index contributed by atoms with van der Waals surface area (Å²) in [6.45, 7) is 3.94. The zero-order chi connectivity index (χ0) is 20.4. The highest BCUT2D eigenvalue weighted by molar-refractivity contribution is 6.33. The molecule has 2 aromatic heterocycles. The van der Waals surface area contributed by atoms with E-state index in [1.165, 1.54) is 10.8 Å². The van der Waals surface area contributed by atoms with Crippen molar-refractivity contribution in [1.29, 1.82) is 0 Å². The van der Waals surface area contributed by atoms with Gasteiger partial charge in [0.15, 0.2) is 5.58 Å². The molecular formula is C20H22ClN3O4. The van der Waals surface area contributed by atoms with Crippen molar-refractivity contribution in [2.24, 2.45) is 7.05 Å². The number of anilines is 2. The summed E-state index contributed by atoms with van der Waals surface area (Å²) in [7, 11) is 1.59. The molecule has 2 heterocycles. The molecule has 3 aromatic rings. The molecule has 1 amide bonds. The molecule has 0 atom stereocenters. The van der Waals surface area contributed by atoms with Gasteiger partial charge in [0, 0.05) is 25.8 Å². The van der Waals surface area contributed by atoms with E-state index in [9.17, 15) is 9.59 Å². The number of nitrogens with one attached hydrogen (secondary N) is 2. The van der Waals surface area contributed by atoms with Gasteiger partial charge in [0.25, 0.3) is 11.5 Å². The number of aryl methyl sites for hydroxylation is 2. The third kappa shape index (κ3) is 3.63. The molecule has 3 rings (SSSR count). The van der Waals surface area contributed by atoms with Gasteiger partial charge < -0.3 is 20.2 Å². The lowest BCUT2D eigenvalue weighted by atomic mass is 10.1. The van der Waals surface area contributed by atoms with Gasteiger partial charge in [-0.25, -0.2) is 0 Å². The number of fused-ring (bicyclic) bond motifs is 1. The zero-order valence-electron chi connectivity index (χ0n) is 15.9. The van der Waals surface area contributed by atoms with E-state index in [1.54, 1.807) is 26.1 Å². The first-order valence-corrected chi connectivity index (χ1v) is 9.26. The number of hydrogen-bond acceptors (Lipinski definition) is 5. The van der Waals surface area contributed by atoms with Crippen LogP contribution in [0.15, 0.2) is 33.7 Å². The molecule has 0 spiro atoms. The number of aromatic nitrogens is 1. The monoisotopic (exact) mass is 403 g/mol. The number of amides is 1. The van der Waals surface area contributed by atoms with Crippen molar-refractivity contribution in [2.45, 2.75) is 20.3 Å². The third-order valence-electron chi connectivity index (χ3n) is 4.52. The molecule has 1 aromatic carbocycles. The lowest BCUT2D eigenvalue weighted by molar-refractivity contribution is 0.0952. The number of aliphatic hydroxyl groups excluding tert-OH is 1. The molecule has 148 valence electrons. The number of furan rings is 1. The Morgan fingerprint density at radius 1 is 1.32 bits per heavy atom. The zero-order valence-corrected chi connectivity index (χ0v) is 16.7. The molecule has 0 aliphatic rings. The largest absolute Gasteiger partial charge is 0.463 e. The van der Waals surface area contributed by atoms with E-state index >= 15 is 0 Å². The number of benzene rings is 1. The van der Waals surface area contributed by atoms with E-state index in [0.29, 0.717) is 34.6 Å². The summed E-state index contributed by atoms with van der Waals surface area (Å²) >= 11 is 6.33. The molecule has 7 nitrogen and oxygen atoms in total. The number of nitrogens with zero attached hydrogens (tertiary/aromatic N) is 1. The van der Waals surface area contributed by atoms with Gasteiger partial charge in [-0.05, 0) is 38.0 Å². The normalized spacial score (nSPS) is 11.0. The van der Waals surface area contributed by atoms with Crippen LogP contribution in [0.5, 0.6) is 0 Å². The first-order chi connectivity index (χ1) is 13.3. The number of pyridine rings is 1. The fraction of sp³-hybridized carbons (Fsp3) is 0.300. The van der Waals surface area contributed by atoms with Crippen molar-refractivity contribution in [3.63, 3.8) is 0 Å². The van der Waals surface area contributed by atoms with Crippen molar-refractivity contribution in [3.05, 3.63) is 56.5 Å². The Bertz CT molecular complexity index is 1100. The maximum atomic E-state index is 12.9.